The largest absolute Gasteiger partial charge is 0.369 e. The summed E-state index contributed by atoms with van der Waals surface area (Å²) in [6.45, 7) is 6.83. The molecule has 1 amide bonds. The fraction of sp³-hybridized carbons (Fsp3) is 0.583. The lowest BCUT2D eigenvalue weighted by Crippen LogP contribution is -2.35. The van der Waals surface area contributed by atoms with Crippen molar-refractivity contribution in [3.63, 3.8) is 0 Å². The molecule has 1 unspecified atom stereocenters. The molecule has 0 aromatic carbocycles. The normalized spacial score (nSPS) is 12.0. The molecule has 1 aromatic rings. The molecule has 0 fully saturated rings. The second-order valence-corrected chi connectivity index (χ2v) is 3.99. The summed E-state index contributed by atoms with van der Waals surface area (Å²) < 4.78 is 0. The Labute approximate surface area is 102 Å². The molecule has 1 atom stereocenters. The van der Waals surface area contributed by atoms with Gasteiger partial charge < -0.3 is 10.2 Å². The number of amides is 1. The highest BCUT2D eigenvalue weighted by atomic mass is 16.2. The lowest BCUT2D eigenvalue weighted by atomic mass is 10.2. The predicted molar refractivity (Wildman–Crippen MR) is 68.0 cm³/mol. The van der Waals surface area contributed by atoms with E-state index in [1.165, 1.54) is 6.20 Å². The zero-order chi connectivity index (χ0) is 12.8. The van der Waals surface area contributed by atoms with Crippen LogP contribution in [0.2, 0.25) is 0 Å². The summed E-state index contributed by atoms with van der Waals surface area (Å²) in [5, 5.41) is 3.04. The maximum Gasteiger partial charge on any atom is 0.274 e. The molecule has 0 aliphatic carbocycles. The minimum atomic E-state index is -0.0881. The molecule has 1 aromatic heterocycles. The van der Waals surface area contributed by atoms with Crippen LogP contribution in [0.4, 0.5) is 5.82 Å². The average Bonchev–Trinajstić information content (AvgIpc) is 2.37. The zero-order valence-electron chi connectivity index (χ0n) is 10.9. The van der Waals surface area contributed by atoms with E-state index >= 15 is 0 Å². The Hall–Kier alpha value is -1.65. The number of rotatable bonds is 5. The summed E-state index contributed by atoms with van der Waals surface area (Å²) in [7, 11) is 1.79. The number of hydrogen-bond acceptors (Lipinski definition) is 4. The van der Waals surface area contributed by atoms with Crippen LogP contribution in [-0.4, -0.2) is 40.4 Å². The summed E-state index contributed by atoms with van der Waals surface area (Å²) in [4.78, 5) is 22.0. The lowest BCUT2D eigenvalue weighted by Gasteiger charge is -2.23. The molecule has 1 N–H and O–H groups in total. The Morgan fingerprint density at radius 3 is 2.59 bits per heavy atom. The van der Waals surface area contributed by atoms with Gasteiger partial charge in [-0.05, 0) is 20.3 Å². The van der Waals surface area contributed by atoms with Gasteiger partial charge in [-0.1, -0.05) is 6.92 Å². The molecule has 0 bridgehead atoms. The number of anilines is 1. The van der Waals surface area contributed by atoms with E-state index in [-0.39, 0.29) is 11.9 Å². The molecule has 0 spiro atoms. The molecule has 1 rings (SSSR count). The van der Waals surface area contributed by atoms with Gasteiger partial charge in [-0.25, -0.2) is 9.97 Å². The minimum absolute atomic E-state index is 0.0881. The third-order valence-corrected chi connectivity index (χ3v) is 2.80. The van der Waals surface area contributed by atoms with E-state index in [1.807, 2.05) is 20.8 Å². The van der Waals surface area contributed by atoms with Crippen LogP contribution >= 0.6 is 0 Å². The minimum Gasteiger partial charge on any atom is -0.369 e. The lowest BCUT2D eigenvalue weighted by molar-refractivity contribution is 0.0734. The van der Waals surface area contributed by atoms with E-state index in [1.54, 1.807) is 18.1 Å². The zero-order valence-corrected chi connectivity index (χ0v) is 10.9. The van der Waals surface area contributed by atoms with Crippen LogP contribution in [0.5, 0.6) is 0 Å². The molecule has 94 valence electrons. The van der Waals surface area contributed by atoms with Crippen LogP contribution in [0.25, 0.3) is 0 Å². The van der Waals surface area contributed by atoms with Gasteiger partial charge in [0.05, 0.1) is 12.4 Å². The summed E-state index contributed by atoms with van der Waals surface area (Å²) in [6, 6.07) is 0.206. The van der Waals surface area contributed by atoms with Gasteiger partial charge in [0.15, 0.2) is 0 Å². The fourth-order valence-electron chi connectivity index (χ4n) is 1.37. The first-order valence-corrected chi connectivity index (χ1v) is 5.93. The van der Waals surface area contributed by atoms with Crippen molar-refractivity contribution in [2.75, 3.05) is 18.9 Å². The third kappa shape index (κ3) is 3.41. The van der Waals surface area contributed by atoms with Crippen LogP contribution < -0.4 is 5.32 Å². The number of carbonyl (C=O) groups is 1. The maximum atomic E-state index is 12.0. The van der Waals surface area contributed by atoms with Crippen LogP contribution in [-0.2, 0) is 0 Å². The number of nitrogens with one attached hydrogen (secondary N) is 1. The van der Waals surface area contributed by atoms with Gasteiger partial charge in [-0.15, -0.1) is 0 Å². The first-order valence-electron chi connectivity index (χ1n) is 5.93. The second kappa shape index (κ2) is 6.18. The quantitative estimate of drug-likeness (QED) is 0.846. The van der Waals surface area contributed by atoms with Gasteiger partial charge in [0.2, 0.25) is 0 Å². The van der Waals surface area contributed by atoms with Gasteiger partial charge in [0, 0.05) is 19.6 Å². The van der Waals surface area contributed by atoms with Crippen LogP contribution in [0.3, 0.4) is 0 Å². The van der Waals surface area contributed by atoms with Crippen LogP contribution in [0.1, 0.15) is 37.7 Å². The highest BCUT2D eigenvalue weighted by Gasteiger charge is 2.17. The van der Waals surface area contributed by atoms with E-state index in [9.17, 15) is 4.79 Å². The van der Waals surface area contributed by atoms with Crippen molar-refractivity contribution in [2.24, 2.45) is 0 Å². The molecular weight excluding hydrogens is 216 g/mol. The molecule has 0 aliphatic rings. The summed E-state index contributed by atoms with van der Waals surface area (Å²) >= 11 is 0. The van der Waals surface area contributed by atoms with Gasteiger partial charge in [-0.2, -0.15) is 0 Å². The molecule has 5 heteroatoms. The van der Waals surface area contributed by atoms with Gasteiger partial charge >= 0.3 is 0 Å². The first-order chi connectivity index (χ1) is 8.10. The third-order valence-electron chi connectivity index (χ3n) is 2.80. The van der Waals surface area contributed by atoms with Crippen LogP contribution in [0.15, 0.2) is 12.4 Å². The standard InChI is InChI=1S/C12H20N4O/c1-5-9(3)16(4)12(17)10-7-15-11(8-14-10)13-6-2/h7-9H,5-6H2,1-4H3,(H,13,15). The van der Waals surface area contributed by atoms with E-state index in [0.29, 0.717) is 11.5 Å². The smallest absolute Gasteiger partial charge is 0.274 e. The van der Waals surface area contributed by atoms with Crippen molar-refractivity contribution in [1.29, 1.82) is 0 Å². The van der Waals surface area contributed by atoms with E-state index < -0.39 is 0 Å². The SMILES string of the molecule is CCNc1cnc(C(=O)N(C)C(C)CC)cn1. The molecule has 0 radical (unpaired) electrons. The Morgan fingerprint density at radius 1 is 1.41 bits per heavy atom. The monoisotopic (exact) mass is 236 g/mol. The highest BCUT2D eigenvalue weighted by molar-refractivity contribution is 5.92. The number of nitrogens with zero attached hydrogens (tertiary/aromatic N) is 3. The maximum absolute atomic E-state index is 12.0. The van der Waals surface area contributed by atoms with Crippen molar-refractivity contribution >= 4 is 11.7 Å². The van der Waals surface area contributed by atoms with Crippen molar-refractivity contribution in [3.8, 4) is 0 Å². The molecule has 0 saturated heterocycles. The van der Waals surface area contributed by atoms with E-state index in [2.05, 4.69) is 15.3 Å². The second-order valence-electron chi connectivity index (χ2n) is 3.99. The van der Waals surface area contributed by atoms with Crippen molar-refractivity contribution in [2.45, 2.75) is 33.2 Å². The molecule has 5 nitrogen and oxygen atoms in total. The Balaban J connectivity index is 2.75. The molecule has 1 heterocycles. The van der Waals surface area contributed by atoms with Gasteiger partial charge in [0.25, 0.3) is 5.91 Å². The van der Waals surface area contributed by atoms with Crippen molar-refractivity contribution in [1.82, 2.24) is 14.9 Å². The van der Waals surface area contributed by atoms with Gasteiger partial charge in [-0.3, -0.25) is 4.79 Å². The van der Waals surface area contributed by atoms with Crippen LogP contribution in [0, 0.1) is 0 Å². The molecule has 0 saturated carbocycles. The molecule has 17 heavy (non-hydrogen) atoms. The highest BCUT2D eigenvalue weighted by Crippen LogP contribution is 2.07. The molecule has 0 aliphatic heterocycles. The van der Waals surface area contributed by atoms with Crippen molar-refractivity contribution in [3.05, 3.63) is 18.1 Å². The Morgan fingerprint density at radius 2 is 2.12 bits per heavy atom. The summed E-state index contributed by atoms with van der Waals surface area (Å²) in [5.41, 5.74) is 0.384. The Kier molecular flexibility index (Phi) is 4.87. The molecular formula is C12H20N4O. The van der Waals surface area contributed by atoms with Crippen molar-refractivity contribution < 1.29 is 4.79 Å². The fourth-order valence-corrected chi connectivity index (χ4v) is 1.37. The number of carbonyl (C=O) groups excluding carboxylic acids is 1. The van der Waals surface area contributed by atoms with E-state index in [4.69, 9.17) is 0 Å². The summed E-state index contributed by atoms with van der Waals surface area (Å²) in [5.74, 6) is 0.602. The Bertz CT molecular complexity index is 363. The van der Waals surface area contributed by atoms with Gasteiger partial charge in [0.1, 0.15) is 11.5 Å². The number of hydrogen-bond donors (Lipinski definition) is 1. The van der Waals surface area contributed by atoms with E-state index in [0.717, 1.165) is 13.0 Å². The number of aromatic nitrogens is 2. The topological polar surface area (TPSA) is 58.1 Å². The average molecular weight is 236 g/mol. The first kappa shape index (κ1) is 13.4. The summed E-state index contributed by atoms with van der Waals surface area (Å²) in [6.07, 6.45) is 4.02. The predicted octanol–water partition coefficient (Wildman–Crippen LogP) is 1.78.